The van der Waals surface area contributed by atoms with E-state index >= 15 is 0 Å². The Bertz CT molecular complexity index is 150. The fraction of sp³-hybridized carbons (Fsp3) is 1.00. The van der Waals surface area contributed by atoms with Gasteiger partial charge in [-0.1, -0.05) is 27.7 Å². The minimum atomic E-state index is 0.354. The Morgan fingerprint density at radius 1 is 0.750 bits per heavy atom. The zero-order chi connectivity index (χ0) is 12.8. The van der Waals surface area contributed by atoms with E-state index in [-0.39, 0.29) is 0 Å². The molecule has 0 saturated heterocycles. The Labute approximate surface area is 108 Å². The van der Waals surface area contributed by atoms with Crippen LogP contribution >= 0.6 is 18.5 Å². The molecule has 98 valence electrons. The molecule has 0 radical (unpaired) electrons. The lowest BCUT2D eigenvalue weighted by Crippen LogP contribution is -2.60. The third-order valence-corrected chi connectivity index (χ3v) is 6.34. The normalized spacial score (nSPS) is 13.5. The fourth-order valence-corrected chi connectivity index (χ4v) is 4.51. The molecular weight excluding hydrogens is 232 g/mol. The maximum atomic E-state index is 2.95. The minimum absolute atomic E-state index is 0.354. The lowest BCUT2D eigenvalue weighted by molar-refractivity contribution is 0.0167. The Morgan fingerprint density at radius 2 is 1.00 bits per heavy atom. The zero-order valence-corrected chi connectivity index (χ0v) is 14.2. The van der Waals surface area contributed by atoms with Gasteiger partial charge >= 0.3 is 0 Å². The molecule has 0 fully saturated rings. The molecule has 0 N–H and O–H groups in total. The molecule has 2 unspecified atom stereocenters. The predicted octanol–water partition coefficient (Wildman–Crippen LogP) is 3.79. The summed E-state index contributed by atoms with van der Waals surface area (Å²) < 4.78 is 0. The molecule has 3 heteroatoms. The molecular formula is C13H31NP2. The van der Waals surface area contributed by atoms with E-state index < -0.39 is 0 Å². The van der Waals surface area contributed by atoms with Gasteiger partial charge in [-0.3, -0.25) is 4.90 Å². The van der Waals surface area contributed by atoms with Gasteiger partial charge in [0.1, 0.15) is 0 Å². The van der Waals surface area contributed by atoms with Crippen molar-refractivity contribution in [1.82, 2.24) is 4.90 Å². The number of rotatable bonds is 8. The monoisotopic (exact) mass is 263 g/mol. The van der Waals surface area contributed by atoms with Crippen molar-refractivity contribution in [2.45, 2.75) is 64.5 Å². The SMILES string of the molecule is CCC(CC)(CP)N(C)C(CC)(CC)CP. The minimum Gasteiger partial charge on any atom is -0.294 e. The van der Waals surface area contributed by atoms with Gasteiger partial charge in [0, 0.05) is 11.1 Å². The Balaban J connectivity index is 5.16. The van der Waals surface area contributed by atoms with Gasteiger partial charge in [-0.05, 0) is 45.1 Å². The van der Waals surface area contributed by atoms with Crippen LogP contribution in [0.2, 0.25) is 0 Å². The summed E-state index contributed by atoms with van der Waals surface area (Å²) >= 11 is 0. The zero-order valence-electron chi connectivity index (χ0n) is 11.8. The van der Waals surface area contributed by atoms with Gasteiger partial charge in [0.15, 0.2) is 0 Å². The van der Waals surface area contributed by atoms with Crippen molar-refractivity contribution >= 4 is 18.5 Å². The van der Waals surface area contributed by atoms with Crippen molar-refractivity contribution in [2.75, 3.05) is 19.4 Å². The third-order valence-electron chi connectivity index (χ3n) is 4.82. The summed E-state index contributed by atoms with van der Waals surface area (Å²) in [5.41, 5.74) is 0.709. The van der Waals surface area contributed by atoms with Crippen molar-refractivity contribution in [3.8, 4) is 0 Å². The maximum Gasteiger partial charge on any atom is 0.0241 e. The van der Waals surface area contributed by atoms with Gasteiger partial charge in [-0.2, -0.15) is 0 Å². The average Bonchev–Trinajstić information content (AvgIpc) is 2.35. The van der Waals surface area contributed by atoms with E-state index in [1.165, 1.54) is 38.0 Å². The van der Waals surface area contributed by atoms with E-state index in [0.717, 1.165) is 0 Å². The number of hydrogen-bond donors (Lipinski definition) is 0. The van der Waals surface area contributed by atoms with Crippen LogP contribution in [0.1, 0.15) is 53.4 Å². The van der Waals surface area contributed by atoms with Crippen LogP contribution in [0.3, 0.4) is 0 Å². The maximum absolute atomic E-state index is 2.95. The first-order chi connectivity index (χ1) is 7.52. The molecule has 0 heterocycles. The molecule has 0 bridgehead atoms. The van der Waals surface area contributed by atoms with Crippen LogP contribution in [0.5, 0.6) is 0 Å². The standard InChI is InChI=1S/C13H31NP2/c1-6-12(7-2,10-15)14(5)13(8-3,9-4)11-16/h6-11,15-16H2,1-5H3. The molecule has 0 saturated carbocycles. The van der Waals surface area contributed by atoms with Crippen LogP contribution in [0.4, 0.5) is 0 Å². The van der Waals surface area contributed by atoms with E-state index in [1.807, 2.05) is 0 Å². The molecule has 0 aromatic rings. The molecule has 0 aromatic carbocycles. The van der Waals surface area contributed by atoms with E-state index in [9.17, 15) is 0 Å². The van der Waals surface area contributed by atoms with Gasteiger partial charge in [-0.15, -0.1) is 18.5 Å². The Hall–Kier alpha value is 0.820. The molecule has 0 spiro atoms. The van der Waals surface area contributed by atoms with Gasteiger partial charge in [0.25, 0.3) is 0 Å². The van der Waals surface area contributed by atoms with Gasteiger partial charge in [0.2, 0.25) is 0 Å². The summed E-state index contributed by atoms with van der Waals surface area (Å²) in [6.07, 6.45) is 7.27. The van der Waals surface area contributed by atoms with E-state index in [0.29, 0.717) is 11.1 Å². The second-order valence-electron chi connectivity index (χ2n) is 4.83. The summed E-state index contributed by atoms with van der Waals surface area (Å²) in [5, 5.41) is 0. The van der Waals surface area contributed by atoms with Crippen LogP contribution in [-0.4, -0.2) is 35.3 Å². The summed E-state index contributed by atoms with van der Waals surface area (Å²) in [6.45, 7) is 9.29. The van der Waals surface area contributed by atoms with E-state index in [4.69, 9.17) is 0 Å². The number of nitrogens with zero attached hydrogens (tertiary/aromatic N) is 1. The highest BCUT2D eigenvalue weighted by Crippen LogP contribution is 2.36. The Morgan fingerprint density at radius 3 is 1.12 bits per heavy atom. The highest BCUT2D eigenvalue weighted by Gasteiger charge is 2.40. The van der Waals surface area contributed by atoms with Gasteiger partial charge in [-0.25, -0.2) is 0 Å². The van der Waals surface area contributed by atoms with Crippen LogP contribution in [-0.2, 0) is 0 Å². The second kappa shape index (κ2) is 7.30. The molecule has 0 aliphatic rings. The number of hydrogen-bond acceptors (Lipinski definition) is 1. The fourth-order valence-electron chi connectivity index (χ4n) is 2.80. The summed E-state index contributed by atoms with van der Waals surface area (Å²) in [4.78, 5) is 2.67. The first-order valence-electron chi connectivity index (χ1n) is 6.66. The second-order valence-corrected chi connectivity index (χ2v) is 5.65. The topological polar surface area (TPSA) is 3.24 Å². The molecule has 16 heavy (non-hydrogen) atoms. The lowest BCUT2D eigenvalue weighted by Gasteiger charge is -2.52. The van der Waals surface area contributed by atoms with E-state index in [1.54, 1.807) is 0 Å². The quantitative estimate of drug-likeness (QED) is 0.602. The first kappa shape index (κ1) is 16.8. The van der Waals surface area contributed by atoms with Crippen molar-refractivity contribution in [1.29, 1.82) is 0 Å². The highest BCUT2D eigenvalue weighted by molar-refractivity contribution is 7.16. The van der Waals surface area contributed by atoms with Crippen molar-refractivity contribution in [2.24, 2.45) is 0 Å². The van der Waals surface area contributed by atoms with Gasteiger partial charge < -0.3 is 0 Å². The van der Waals surface area contributed by atoms with Crippen LogP contribution < -0.4 is 0 Å². The highest BCUT2D eigenvalue weighted by atomic mass is 31.0. The predicted molar refractivity (Wildman–Crippen MR) is 83.5 cm³/mol. The molecule has 0 rings (SSSR count). The molecule has 0 aliphatic carbocycles. The van der Waals surface area contributed by atoms with E-state index in [2.05, 4.69) is 58.1 Å². The smallest absolute Gasteiger partial charge is 0.0241 e. The van der Waals surface area contributed by atoms with Crippen molar-refractivity contribution in [3.05, 3.63) is 0 Å². The first-order valence-corrected chi connectivity index (χ1v) is 8.29. The molecule has 1 nitrogen and oxygen atoms in total. The summed E-state index contributed by atoms with van der Waals surface area (Å²) in [6, 6.07) is 0. The average molecular weight is 263 g/mol. The molecule has 0 amide bonds. The lowest BCUT2D eigenvalue weighted by atomic mass is 9.84. The third kappa shape index (κ3) is 2.98. The van der Waals surface area contributed by atoms with Crippen LogP contribution in [0, 0.1) is 0 Å². The van der Waals surface area contributed by atoms with Gasteiger partial charge in [0.05, 0.1) is 0 Å². The molecule has 0 aromatic heterocycles. The molecule has 0 aliphatic heterocycles. The molecule has 2 atom stereocenters. The van der Waals surface area contributed by atoms with Crippen molar-refractivity contribution < 1.29 is 0 Å². The van der Waals surface area contributed by atoms with Crippen LogP contribution in [0.25, 0.3) is 0 Å². The summed E-state index contributed by atoms with van der Waals surface area (Å²) in [5.74, 6) is 0. The Kier molecular flexibility index (Phi) is 7.67. The summed E-state index contributed by atoms with van der Waals surface area (Å²) in [7, 11) is 8.23. The largest absolute Gasteiger partial charge is 0.294 e. The van der Waals surface area contributed by atoms with Crippen molar-refractivity contribution in [3.63, 3.8) is 0 Å². The van der Waals surface area contributed by atoms with Crippen LogP contribution in [0.15, 0.2) is 0 Å².